The Morgan fingerprint density at radius 1 is 1.12 bits per heavy atom. The minimum absolute atomic E-state index is 0.213. The summed E-state index contributed by atoms with van der Waals surface area (Å²) in [6, 6.07) is 11.6. The first-order valence-electron chi connectivity index (χ1n) is 7.27. The normalized spacial score (nSPS) is 10.5. The highest BCUT2D eigenvalue weighted by Crippen LogP contribution is 2.22. The highest BCUT2D eigenvalue weighted by Gasteiger charge is 2.10. The molecule has 122 valence electrons. The van der Waals surface area contributed by atoms with Gasteiger partial charge in [-0.05, 0) is 18.1 Å². The van der Waals surface area contributed by atoms with Crippen LogP contribution >= 0.6 is 11.6 Å². The predicted octanol–water partition coefficient (Wildman–Crippen LogP) is 1.83. The Balaban J connectivity index is 1.79. The van der Waals surface area contributed by atoms with Gasteiger partial charge in [-0.2, -0.15) is 0 Å². The highest BCUT2D eigenvalue weighted by molar-refractivity contribution is 6.31. The van der Waals surface area contributed by atoms with Crippen LogP contribution in [0, 0.1) is 0 Å². The first-order valence-corrected chi connectivity index (χ1v) is 7.64. The van der Waals surface area contributed by atoms with Crippen molar-refractivity contribution in [3.63, 3.8) is 0 Å². The van der Waals surface area contributed by atoms with Gasteiger partial charge in [0.1, 0.15) is 5.69 Å². The zero-order valence-corrected chi connectivity index (χ0v) is 13.3. The van der Waals surface area contributed by atoms with Crippen LogP contribution in [0.1, 0.15) is 5.56 Å². The molecular formula is C16H14ClN5O2. The lowest BCUT2D eigenvalue weighted by Gasteiger charge is -2.09. The fourth-order valence-corrected chi connectivity index (χ4v) is 2.38. The van der Waals surface area contributed by atoms with Gasteiger partial charge in [-0.1, -0.05) is 41.9 Å². The maximum atomic E-state index is 11.8. The summed E-state index contributed by atoms with van der Waals surface area (Å²) in [5, 5.41) is 11.2. The Morgan fingerprint density at radius 2 is 1.92 bits per heavy atom. The fourth-order valence-electron chi connectivity index (χ4n) is 2.22. The van der Waals surface area contributed by atoms with Crippen LogP contribution in [0.4, 0.5) is 5.69 Å². The Labute approximate surface area is 141 Å². The molecule has 0 amide bonds. The van der Waals surface area contributed by atoms with Gasteiger partial charge in [-0.25, -0.2) is 4.79 Å². The molecule has 0 aliphatic rings. The summed E-state index contributed by atoms with van der Waals surface area (Å²) in [6.07, 6.45) is 2.11. The van der Waals surface area contributed by atoms with Gasteiger partial charge in [0, 0.05) is 12.7 Å². The highest BCUT2D eigenvalue weighted by atomic mass is 35.5. The van der Waals surface area contributed by atoms with Crippen LogP contribution in [0.15, 0.2) is 52.2 Å². The van der Waals surface area contributed by atoms with Crippen molar-refractivity contribution in [1.29, 1.82) is 0 Å². The number of aromatic nitrogens is 4. The summed E-state index contributed by atoms with van der Waals surface area (Å²) in [5.41, 5.74) is 1.19. The lowest BCUT2D eigenvalue weighted by Crippen LogP contribution is -2.23. The van der Waals surface area contributed by atoms with Crippen LogP contribution in [0.5, 0.6) is 0 Å². The lowest BCUT2D eigenvalue weighted by atomic mass is 10.1. The molecule has 3 aromatic rings. The van der Waals surface area contributed by atoms with Crippen molar-refractivity contribution in [1.82, 2.24) is 20.2 Å². The smallest absolute Gasteiger partial charge is 0.325 e. The largest absolute Gasteiger partial charge is 0.382 e. The number of H-pyrrole nitrogens is 2. The van der Waals surface area contributed by atoms with Crippen molar-refractivity contribution in [2.45, 2.75) is 6.42 Å². The van der Waals surface area contributed by atoms with E-state index < -0.39 is 11.2 Å². The molecule has 7 nitrogen and oxygen atoms in total. The number of nitrogens with zero attached hydrogens (tertiary/aromatic N) is 2. The van der Waals surface area contributed by atoms with Crippen LogP contribution in [-0.2, 0) is 6.42 Å². The van der Waals surface area contributed by atoms with Crippen molar-refractivity contribution in [2.75, 3.05) is 11.9 Å². The zero-order chi connectivity index (χ0) is 16.9. The molecule has 2 heterocycles. The van der Waals surface area contributed by atoms with Gasteiger partial charge in [-0.3, -0.25) is 9.78 Å². The molecule has 0 aliphatic heterocycles. The van der Waals surface area contributed by atoms with E-state index in [0.29, 0.717) is 17.9 Å². The Morgan fingerprint density at radius 3 is 2.67 bits per heavy atom. The van der Waals surface area contributed by atoms with Gasteiger partial charge in [-0.15, -0.1) is 10.2 Å². The number of nitrogens with one attached hydrogen (secondary N) is 3. The van der Waals surface area contributed by atoms with Gasteiger partial charge < -0.3 is 10.3 Å². The minimum atomic E-state index is -0.577. The fraction of sp³-hybridized carbons (Fsp3) is 0.125. The molecular weight excluding hydrogens is 330 g/mol. The average Bonchev–Trinajstić information content (AvgIpc) is 2.58. The maximum Gasteiger partial charge on any atom is 0.325 e. The van der Waals surface area contributed by atoms with Crippen LogP contribution in [0.3, 0.4) is 0 Å². The zero-order valence-electron chi connectivity index (χ0n) is 12.5. The minimum Gasteiger partial charge on any atom is -0.382 e. The van der Waals surface area contributed by atoms with Crippen molar-refractivity contribution in [3.8, 4) is 11.3 Å². The van der Waals surface area contributed by atoms with Crippen LogP contribution in [-0.4, -0.2) is 26.7 Å². The molecule has 3 N–H and O–H groups in total. The predicted molar refractivity (Wildman–Crippen MR) is 92.4 cm³/mol. The number of halogens is 1. The van der Waals surface area contributed by atoms with E-state index in [1.807, 2.05) is 30.3 Å². The Bertz CT molecular complexity index is 952. The second-order valence-electron chi connectivity index (χ2n) is 5.08. The topological polar surface area (TPSA) is 104 Å². The number of rotatable bonds is 5. The number of aromatic amines is 2. The molecule has 0 atom stereocenters. The van der Waals surface area contributed by atoms with Crippen molar-refractivity contribution < 1.29 is 0 Å². The SMILES string of the molecule is O=c1[nH]cc(-c2cc(NCCc3ccccc3)c(Cl)nn2)c(=O)[nH]1. The van der Waals surface area contributed by atoms with Crippen molar-refractivity contribution in [2.24, 2.45) is 0 Å². The molecule has 0 radical (unpaired) electrons. The molecule has 0 saturated carbocycles. The Hall–Kier alpha value is -2.93. The third kappa shape index (κ3) is 3.69. The quantitative estimate of drug-likeness (QED) is 0.655. The number of hydrogen-bond acceptors (Lipinski definition) is 5. The molecule has 2 aromatic heterocycles. The molecule has 3 rings (SSSR count). The average molecular weight is 344 g/mol. The van der Waals surface area contributed by atoms with E-state index in [4.69, 9.17) is 11.6 Å². The lowest BCUT2D eigenvalue weighted by molar-refractivity contribution is 0.985. The second-order valence-corrected chi connectivity index (χ2v) is 5.44. The van der Waals surface area contributed by atoms with E-state index in [1.54, 1.807) is 6.07 Å². The van der Waals surface area contributed by atoms with Gasteiger partial charge in [0.25, 0.3) is 5.56 Å². The van der Waals surface area contributed by atoms with E-state index in [2.05, 4.69) is 25.5 Å². The monoisotopic (exact) mass is 343 g/mol. The molecule has 0 fully saturated rings. The summed E-state index contributed by atoms with van der Waals surface area (Å²) < 4.78 is 0. The number of benzene rings is 1. The molecule has 1 aromatic carbocycles. The van der Waals surface area contributed by atoms with Crippen molar-refractivity contribution in [3.05, 3.63) is 74.1 Å². The van der Waals surface area contributed by atoms with Crippen LogP contribution < -0.4 is 16.6 Å². The molecule has 0 saturated heterocycles. The summed E-state index contributed by atoms with van der Waals surface area (Å²) in [4.78, 5) is 27.5. The van der Waals surface area contributed by atoms with E-state index in [9.17, 15) is 9.59 Å². The molecule has 8 heteroatoms. The van der Waals surface area contributed by atoms with Gasteiger partial charge in [0.15, 0.2) is 5.15 Å². The summed E-state index contributed by atoms with van der Waals surface area (Å²) in [7, 11) is 0. The summed E-state index contributed by atoms with van der Waals surface area (Å²) in [5.74, 6) is 0. The van der Waals surface area contributed by atoms with Crippen molar-refractivity contribution >= 4 is 17.3 Å². The molecule has 24 heavy (non-hydrogen) atoms. The van der Waals surface area contributed by atoms with E-state index in [1.165, 1.54) is 11.8 Å². The number of anilines is 1. The molecule has 0 spiro atoms. The van der Waals surface area contributed by atoms with E-state index in [-0.39, 0.29) is 10.7 Å². The van der Waals surface area contributed by atoms with Crippen LogP contribution in [0.2, 0.25) is 5.15 Å². The third-order valence-corrected chi connectivity index (χ3v) is 3.70. The summed E-state index contributed by atoms with van der Waals surface area (Å²) in [6.45, 7) is 0.650. The number of hydrogen-bond donors (Lipinski definition) is 3. The standard InChI is InChI=1S/C16H14ClN5O2/c17-14-13(18-7-6-10-4-2-1-3-5-10)8-12(21-22-14)11-9-19-16(24)20-15(11)23/h1-5,8-9H,6-7H2,(H,18,21)(H2,19,20,23,24). The second kappa shape index (κ2) is 7.10. The van der Waals surface area contributed by atoms with Gasteiger partial charge in [0.2, 0.25) is 0 Å². The first-order chi connectivity index (χ1) is 11.6. The van der Waals surface area contributed by atoms with Gasteiger partial charge in [0.05, 0.1) is 11.3 Å². The van der Waals surface area contributed by atoms with Crippen LogP contribution in [0.25, 0.3) is 11.3 Å². The first kappa shape index (κ1) is 15.9. The molecule has 0 aliphatic carbocycles. The molecule has 0 unspecified atom stereocenters. The van der Waals surface area contributed by atoms with Gasteiger partial charge >= 0.3 is 5.69 Å². The third-order valence-electron chi connectivity index (χ3n) is 3.42. The van der Waals surface area contributed by atoms with E-state index in [0.717, 1.165) is 6.42 Å². The summed E-state index contributed by atoms with van der Waals surface area (Å²) >= 11 is 6.05. The van der Waals surface area contributed by atoms with E-state index >= 15 is 0 Å². The Kier molecular flexibility index (Phi) is 4.72. The maximum absolute atomic E-state index is 11.8. The molecule has 0 bridgehead atoms.